The van der Waals surface area contributed by atoms with Crippen molar-refractivity contribution >= 4 is 15.9 Å². The zero-order valence-corrected chi connectivity index (χ0v) is 10.2. The van der Waals surface area contributed by atoms with E-state index in [4.69, 9.17) is 0 Å². The Kier molecular flexibility index (Phi) is 3.24. The van der Waals surface area contributed by atoms with Crippen LogP contribution in [0.2, 0.25) is 0 Å². The predicted molar refractivity (Wildman–Crippen MR) is 63.5 cm³/mol. The van der Waals surface area contributed by atoms with Gasteiger partial charge >= 0.3 is 0 Å². The zero-order valence-electron chi connectivity index (χ0n) is 8.63. The first-order valence-corrected chi connectivity index (χ1v) is 5.69. The van der Waals surface area contributed by atoms with Crippen LogP contribution < -0.4 is 0 Å². The summed E-state index contributed by atoms with van der Waals surface area (Å²) in [5, 5.41) is 0. The fourth-order valence-electron chi connectivity index (χ4n) is 1.51. The molecule has 0 atom stereocenters. The van der Waals surface area contributed by atoms with Crippen LogP contribution in [0.5, 0.6) is 0 Å². The van der Waals surface area contributed by atoms with Gasteiger partial charge in [-0.2, -0.15) is 8.78 Å². The molecule has 0 nitrogen and oxygen atoms in total. The van der Waals surface area contributed by atoms with E-state index in [1.165, 1.54) is 18.2 Å². The average Bonchev–Trinajstić information content (AvgIpc) is 2.29. The molecule has 88 valence electrons. The third kappa shape index (κ3) is 2.52. The van der Waals surface area contributed by atoms with Crippen LogP contribution in [-0.4, -0.2) is 0 Å². The van der Waals surface area contributed by atoms with Crippen molar-refractivity contribution < 1.29 is 13.2 Å². The van der Waals surface area contributed by atoms with Crippen LogP contribution in [0, 0.1) is 5.82 Å². The normalized spacial score (nSPS) is 11.5. The van der Waals surface area contributed by atoms with Crippen LogP contribution in [-0.2, 0) is 5.92 Å². The molecule has 2 aromatic rings. The first-order chi connectivity index (χ1) is 8.00. The first kappa shape index (κ1) is 12.2. The Balaban J connectivity index is 2.45. The molecule has 0 spiro atoms. The Morgan fingerprint density at radius 3 is 2.12 bits per heavy atom. The predicted octanol–water partition coefficient (Wildman–Crippen LogP) is 4.73. The van der Waals surface area contributed by atoms with Gasteiger partial charge in [0.2, 0.25) is 0 Å². The Morgan fingerprint density at radius 2 is 1.53 bits per heavy atom. The maximum absolute atomic E-state index is 14.1. The standard InChI is InChI=1S/C13H8BrF3/c14-11-3-1-2-10(8-11)13(16,17)9-4-6-12(15)7-5-9/h1-8H. The molecule has 0 heterocycles. The van der Waals surface area contributed by atoms with Gasteiger partial charge < -0.3 is 0 Å². The number of hydrogen-bond donors (Lipinski definition) is 0. The molecule has 0 unspecified atom stereocenters. The molecule has 0 saturated heterocycles. The van der Waals surface area contributed by atoms with E-state index in [2.05, 4.69) is 15.9 Å². The van der Waals surface area contributed by atoms with Crippen LogP contribution >= 0.6 is 15.9 Å². The third-order valence-electron chi connectivity index (χ3n) is 2.39. The fraction of sp³-hybridized carbons (Fsp3) is 0.0769. The molecule has 0 bridgehead atoms. The van der Waals surface area contributed by atoms with Crippen molar-refractivity contribution in [2.75, 3.05) is 0 Å². The minimum atomic E-state index is -3.13. The van der Waals surface area contributed by atoms with Crippen molar-refractivity contribution in [2.45, 2.75) is 5.92 Å². The highest BCUT2D eigenvalue weighted by Gasteiger charge is 2.33. The molecule has 0 aliphatic rings. The number of rotatable bonds is 2. The van der Waals surface area contributed by atoms with Gasteiger partial charge in [-0.15, -0.1) is 0 Å². The lowest BCUT2D eigenvalue weighted by atomic mass is 10.0. The molecular formula is C13H8BrF3. The maximum Gasteiger partial charge on any atom is 0.298 e. The van der Waals surface area contributed by atoms with Crippen molar-refractivity contribution in [3.63, 3.8) is 0 Å². The van der Waals surface area contributed by atoms with Gasteiger partial charge in [-0.25, -0.2) is 4.39 Å². The van der Waals surface area contributed by atoms with Crippen LogP contribution in [0.1, 0.15) is 11.1 Å². The zero-order chi connectivity index (χ0) is 12.5. The topological polar surface area (TPSA) is 0 Å². The lowest BCUT2D eigenvalue weighted by molar-refractivity contribution is 0.0427. The number of alkyl halides is 2. The highest BCUT2D eigenvalue weighted by atomic mass is 79.9. The Bertz CT molecular complexity index is 520. The van der Waals surface area contributed by atoms with Crippen molar-refractivity contribution in [3.05, 3.63) is 69.9 Å². The lowest BCUT2D eigenvalue weighted by Gasteiger charge is -2.17. The van der Waals surface area contributed by atoms with Crippen molar-refractivity contribution in [1.82, 2.24) is 0 Å². The largest absolute Gasteiger partial charge is 0.298 e. The molecule has 2 aromatic carbocycles. The number of halogens is 4. The summed E-state index contributed by atoms with van der Waals surface area (Å²) < 4.78 is 41.4. The maximum atomic E-state index is 14.1. The third-order valence-corrected chi connectivity index (χ3v) is 2.89. The summed E-state index contributed by atoms with van der Waals surface area (Å²) in [5.41, 5.74) is -0.351. The van der Waals surface area contributed by atoms with Crippen molar-refractivity contribution in [2.24, 2.45) is 0 Å². The first-order valence-electron chi connectivity index (χ1n) is 4.90. The van der Waals surface area contributed by atoms with Gasteiger partial charge in [-0.1, -0.05) is 28.1 Å². The SMILES string of the molecule is Fc1ccc(C(F)(F)c2cccc(Br)c2)cc1. The molecule has 0 aliphatic carbocycles. The average molecular weight is 301 g/mol. The van der Waals surface area contributed by atoms with Gasteiger partial charge in [0.25, 0.3) is 5.92 Å². The molecule has 0 saturated carbocycles. The molecule has 0 amide bonds. The van der Waals surface area contributed by atoms with Crippen LogP contribution in [0.3, 0.4) is 0 Å². The summed E-state index contributed by atoms with van der Waals surface area (Å²) in [7, 11) is 0. The second-order valence-electron chi connectivity index (χ2n) is 3.59. The monoisotopic (exact) mass is 300 g/mol. The minimum absolute atomic E-state index is 0.126. The molecule has 0 aromatic heterocycles. The molecule has 4 heteroatoms. The molecule has 0 N–H and O–H groups in total. The van der Waals surface area contributed by atoms with E-state index < -0.39 is 11.7 Å². The van der Waals surface area contributed by atoms with Crippen LogP contribution in [0.15, 0.2) is 53.0 Å². The minimum Gasteiger partial charge on any atom is -0.207 e. The lowest BCUT2D eigenvalue weighted by Crippen LogP contribution is -2.15. The quantitative estimate of drug-likeness (QED) is 0.752. The van der Waals surface area contributed by atoms with Gasteiger partial charge in [0.05, 0.1) is 0 Å². The summed E-state index contributed by atoms with van der Waals surface area (Å²) in [6.07, 6.45) is 0. The van der Waals surface area contributed by atoms with Gasteiger partial charge in [0.15, 0.2) is 0 Å². The summed E-state index contributed by atoms with van der Waals surface area (Å²) in [6, 6.07) is 10.1. The molecule has 0 fully saturated rings. The van der Waals surface area contributed by atoms with E-state index in [1.807, 2.05) is 0 Å². The Hall–Kier alpha value is -1.29. The highest BCUT2D eigenvalue weighted by molar-refractivity contribution is 9.10. The van der Waals surface area contributed by atoms with Crippen molar-refractivity contribution in [1.29, 1.82) is 0 Å². The molecular weight excluding hydrogens is 293 g/mol. The van der Waals surface area contributed by atoms with Gasteiger partial charge in [0, 0.05) is 15.6 Å². The number of benzene rings is 2. The highest BCUT2D eigenvalue weighted by Crippen LogP contribution is 2.36. The number of hydrogen-bond acceptors (Lipinski definition) is 0. The van der Waals surface area contributed by atoms with E-state index in [9.17, 15) is 13.2 Å². The van der Waals surface area contributed by atoms with E-state index in [0.717, 1.165) is 24.3 Å². The molecule has 0 radical (unpaired) electrons. The van der Waals surface area contributed by atoms with Gasteiger partial charge in [-0.3, -0.25) is 0 Å². The van der Waals surface area contributed by atoms with Gasteiger partial charge in [0.1, 0.15) is 5.82 Å². The summed E-state index contributed by atoms with van der Waals surface area (Å²) in [4.78, 5) is 0. The smallest absolute Gasteiger partial charge is 0.207 e. The molecule has 0 aliphatic heterocycles. The molecule has 2 rings (SSSR count). The summed E-state index contributed by atoms with van der Waals surface area (Å²) >= 11 is 3.15. The van der Waals surface area contributed by atoms with E-state index in [1.54, 1.807) is 6.07 Å². The molecule has 17 heavy (non-hydrogen) atoms. The van der Waals surface area contributed by atoms with E-state index in [-0.39, 0.29) is 11.1 Å². The Morgan fingerprint density at radius 1 is 0.882 bits per heavy atom. The van der Waals surface area contributed by atoms with Crippen LogP contribution in [0.25, 0.3) is 0 Å². The van der Waals surface area contributed by atoms with E-state index in [0.29, 0.717) is 4.47 Å². The Labute approximate surface area is 105 Å². The van der Waals surface area contributed by atoms with Gasteiger partial charge in [-0.05, 0) is 36.4 Å². The van der Waals surface area contributed by atoms with E-state index >= 15 is 0 Å². The summed E-state index contributed by atoms with van der Waals surface area (Å²) in [5.74, 6) is -3.66. The summed E-state index contributed by atoms with van der Waals surface area (Å²) in [6.45, 7) is 0. The van der Waals surface area contributed by atoms with Crippen molar-refractivity contribution in [3.8, 4) is 0 Å². The second kappa shape index (κ2) is 4.53. The van der Waals surface area contributed by atoms with Crippen LogP contribution in [0.4, 0.5) is 13.2 Å². The fourth-order valence-corrected chi connectivity index (χ4v) is 1.91. The second-order valence-corrected chi connectivity index (χ2v) is 4.51.